The van der Waals surface area contributed by atoms with Gasteiger partial charge < -0.3 is 14.3 Å². The van der Waals surface area contributed by atoms with Gasteiger partial charge in [-0.25, -0.2) is 9.78 Å². The molecule has 6 heteroatoms. The van der Waals surface area contributed by atoms with E-state index in [1.165, 1.54) is 20.1 Å². The average Bonchev–Trinajstić information content (AvgIpc) is 2.47. The van der Waals surface area contributed by atoms with Crippen molar-refractivity contribution in [1.29, 1.82) is 0 Å². The van der Waals surface area contributed by atoms with Crippen LogP contribution in [0.2, 0.25) is 0 Å². The average molecular weight is 285 g/mol. The minimum absolute atomic E-state index is 0.0125. The first-order chi connectivity index (χ1) is 10.0. The Hall–Kier alpha value is -2.89. The molecule has 0 atom stereocenters. The van der Waals surface area contributed by atoms with Gasteiger partial charge in [0.1, 0.15) is 11.3 Å². The number of aromatic nitrogens is 1. The molecule has 0 aliphatic heterocycles. The monoisotopic (exact) mass is 285 g/mol. The highest BCUT2D eigenvalue weighted by Gasteiger charge is 2.15. The Bertz CT molecular complexity index is 942. The summed E-state index contributed by atoms with van der Waals surface area (Å²) in [6.45, 7) is 1.54. The van der Waals surface area contributed by atoms with E-state index in [0.29, 0.717) is 16.7 Å². The third kappa shape index (κ3) is 2.01. The summed E-state index contributed by atoms with van der Waals surface area (Å²) < 4.78 is 10.7. The van der Waals surface area contributed by atoms with Crippen LogP contribution in [-0.2, 0) is 0 Å². The second-order valence-electron chi connectivity index (χ2n) is 4.57. The molecule has 3 rings (SSSR count). The lowest BCUT2D eigenvalue weighted by molar-refractivity contribution is 0.0695. The molecular formula is C15H11NO5. The van der Waals surface area contributed by atoms with Crippen molar-refractivity contribution in [3.63, 3.8) is 0 Å². The van der Waals surface area contributed by atoms with Gasteiger partial charge in [0, 0.05) is 0 Å². The van der Waals surface area contributed by atoms with E-state index in [1.807, 2.05) is 0 Å². The van der Waals surface area contributed by atoms with Gasteiger partial charge in [-0.1, -0.05) is 0 Å². The van der Waals surface area contributed by atoms with Gasteiger partial charge >= 0.3 is 5.97 Å². The zero-order chi connectivity index (χ0) is 15.1. The van der Waals surface area contributed by atoms with Crippen molar-refractivity contribution in [2.24, 2.45) is 0 Å². The standard InChI is InChI=1S/C15H11NO5/c1-7-9(15(18)19)6-12-13(16-7)14(17)10-5-8(20-2)3-4-11(10)21-12/h3-6H,1-2H3,(H,18,19). The van der Waals surface area contributed by atoms with E-state index in [9.17, 15) is 9.59 Å². The highest BCUT2D eigenvalue weighted by Crippen LogP contribution is 2.23. The molecule has 0 aliphatic carbocycles. The van der Waals surface area contributed by atoms with Gasteiger partial charge in [-0.2, -0.15) is 0 Å². The van der Waals surface area contributed by atoms with Crippen LogP contribution < -0.4 is 10.2 Å². The van der Waals surface area contributed by atoms with Crippen molar-refractivity contribution in [2.45, 2.75) is 6.92 Å². The molecule has 0 saturated heterocycles. The number of hydrogen-bond donors (Lipinski definition) is 1. The summed E-state index contributed by atoms with van der Waals surface area (Å²) in [5, 5.41) is 9.44. The molecule has 0 amide bonds. The van der Waals surface area contributed by atoms with Crippen LogP contribution in [0.15, 0.2) is 33.5 Å². The van der Waals surface area contributed by atoms with Gasteiger partial charge in [0.2, 0.25) is 5.43 Å². The van der Waals surface area contributed by atoms with Crippen LogP contribution in [0, 0.1) is 6.92 Å². The predicted octanol–water partition coefficient (Wildman–Crippen LogP) is 2.36. The summed E-state index contributed by atoms with van der Waals surface area (Å²) in [5.41, 5.74) is 0.586. The Kier molecular flexibility index (Phi) is 2.86. The molecule has 3 aromatic rings. The van der Waals surface area contributed by atoms with Crippen LogP contribution >= 0.6 is 0 Å². The lowest BCUT2D eigenvalue weighted by Gasteiger charge is -2.05. The number of ether oxygens (including phenoxy) is 1. The Morgan fingerprint density at radius 1 is 1.29 bits per heavy atom. The normalized spacial score (nSPS) is 11.0. The van der Waals surface area contributed by atoms with Crippen molar-refractivity contribution in [1.82, 2.24) is 4.98 Å². The fourth-order valence-electron chi connectivity index (χ4n) is 2.19. The van der Waals surface area contributed by atoms with Crippen molar-refractivity contribution in [3.05, 3.63) is 45.7 Å². The molecule has 106 valence electrons. The Labute approximate surface area is 118 Å². The number of hydrogen-bond acceptors (Lipinski definition) is 5. The first kappa shape index (κ1) is 13.1. The van der Waals surface area contributed by atoms with Gasteiger partial charge in [0.25, 0.3) is 0 Å². The molecule has 0 unspecified atom stereocenters. The van der Waals surface area contributed by atoms with Gasteiger partial charge in [0.05, 0.1) is 23.8 Å². The number of nitrogens with zero attached hydrogens (tertiary/aromatic N) is 1. The van der Waals surface area contributed by atoms with Crippen LogP contribution in [0.3, 0.4) is 0 Å². The van der Waals surface area contributed by atoms with Crippen molar-refractivity contribution in [2.75, 3.05) is 7.11 Å². The highest BCUT2D eigenvalue weighted by molar-refractivity contribution is 5.95. The molecule has 0 saturated carbocycles. The van der Waals surface area contributed by atoms with Gasteiger partial charge in [0.15, 0.2) is 11.1 Å². The van der Waals surface area contributed by atoms with Crippen LogP contribution in [0.5, 0.6) is 5.75 Å². The number of pyridine rings is 1. The van der Waals surface area contributed by atoms with E-state index < -0.39 is 5.97 Å². The predicted molar refractivity (Wildman–Crippen MR) is 76.0 cm³/mol. The summed E-state index contributed by atoms with van der Waals surface area (Å²) in [6, 6.07) is 6.17. The number of aromatic carboxylic acids is 1. The largest absolute Gasteiger partial charge is 0.497 e. The smallest absolute Gasteiger partial charge is 0.337 e. The number of benzene rings is 1. The van der Waals surface area contributed by atoms with Gasteiger partial charge in [-0.15, -0.1) is 0 Å². The molecule has 1 aromatic carbocycles. The first-order valence-electron chi connectivity index (χ1n) is 6.17. The molecule has 0 bridgehead atoms. The van der Waals surface area contributed by atoms with Gasteiger partial charge in [-0.05, 0) is 31.2 Å². The summed E-state index contributed by atoms with van der Waals surface area (Å²) >= 11 is 0. The summed E-state index contributed by atoms with van der Waals surface area (Å²) in [4.78, 5) is 27.7. The molecule has 0 spiro atoms. The van der Waals surface area contributed by atoms with E-state index in [2.05, 4.69) is 4.98 Å². The minimum Gasteiger partial charge on any atom is -0.497 e. The van der Waals surface area contributed by atoms with Crippen molar-refractivity contribution >= 4 is 28.0 Å². The summed E-state index contributed by atoms with van der Waals surface area (Å²) in [6.07, 6.45) is 0. The van der Waals surface area contributed by atoms with Crippen LogP contribution in [0.1, 0.15) is 16.1 Å². The number of rotatable bonds is 2. The van der Waals surface area contributed by atoms with Crippen LogP contribution in [0.25, 0.3) is 22.1 Å². The lowest BCUT2D eigenvalue weighted by atomic mass is 10.1. The fraction of sp³-hybridized carbons (Fsp3) is 0.133. The zero-order valence-electron chi connectivity index (χ0n) is 11.3. The molecule has 6 nitrogen and oxygen atoms in total. The second kappa shape index (κ2) is 4.59. The quantitative estimate of drug-likeness (QED) is 0.727. The van der Waals surface area contributed by atoms with Crippen molar-refractivity contribution in [3.8, 4) is 5.75 Å². The molecule has 21 heavy (non-hydrogen) atoms. The number of carboxylic acid groups (broad SMARTS) is 1. The third-order valence-corrected chi connectivity index (χ3v) is 3.27. The molecule has 0 fully saturated rings. The Balaban J connectivity index is 2.44. The van der Waals surface area contributed by atoms with Gasteiger partial charge in [-0.3, -0.25) is 4.79 Å². The van der Waals surface area contributed by atoms with Crippen LogP contribution in [0.4, 0.5) is 0 Å². The Morgan fingerprint density at radius 3 is 2.71 bits per heavy atom. The molecular weight excluding hydrogens is 274 g/mol. The second-order valence-corrected chi connectivity index (χ2v) is 4.57. The van der Waals surface area contributed by atoms with Crippen LogP contribution in [-0.4, -0.2) is 23.2 Å². The van der Waals surface area contributed by atoms with E-state index in [1.54, 1.807) is 18.2 Å². The fourth-order valence-corrected chi connectivity index (χ4v) is 2.19. The number of carbonyl (C=O) groups is 1. The lowest BCUT2D eigenvalue weighted by Crippen LogP contribution is -2.09. The summed E-state index contributed by atoms with van der Waals surface area (Å²) in [5.74, 6) is -0.576. The SMILES string of the molecule is COc1ccc2oc3cc(C(=O)O)c(C)nc3c(=O)c2c1. The number of fused-ring (bicyclic) bond motifs is 2. The minimum atomic E-state index is -1.11. The van der Waals surface area contributed by atoms with E-state index in [4.69, 9.17) is 14.3 Å². The summed E-state index contributed by atoms with van der Waals surface area (Å²) in [7, 11) is 1.51. The Morgan fingerprint density at radius 2 is 2.05 bits per heavy atom. The molecule has 1 N–H and O–H groups in total. The van der Waals surface area contributed by atoms with E-state index in [-0.39, 0.29) is 27.8 Å². The van der Waals surface area contributed by atoms with E-state index >= 15 is 0 Å². The topological polar surface area (TPSA) is 89.6 Å². The maximum Gasteiger partial charge on any atom is 0.337 e. The number of aryl methyl sites for hydroxylation is 1. The molecule has 0 aliphatic rings. The van der Waals surface area contributed by atoms with Crippen molar-refractivity contribution < 1.29 is 19.1 Å². The third-order valence-electron chi connectivity index (χ3n) is 3.27. The molecule has 0 radical (unpaired) electrons. The zero-order valence-corrected chi connectivity index (χ0v) is 11.3. The maximum absolute atomic E-state index is 12.5. The first-order valence-corrected chi connectivity index (χ1v) is 6.17. The molecule has 2 aromatic heterocycles. The molecule has 2 heterocycles. The maximum atomic E-state index is 12.5. The van der Waals surface area contributed by atoms with E-state index in [0.717, 1.165) is 0 Å². The highest BCUT2D eigenvalue weighted by atomic mass is 16.5. The number of carboxylic acids is 1. The number of methoxy groups -OCH3 is 1.